The lowest BCUT2D eigenvalue weighted by molar-refractivity contribution is -0.881. The van der Waals surface area contributed by atoms with E-state index in [4.69, 9.17) is 5.11 Å². The fourth-order valence-corrected chi connectivity index (χ4v) is 0.424. The van der Waals surface area contributed by atoms with E-state index in [2.05, 4.69) is 5.73 Å². The largest absolute Gasteiger partial charge is 0.659 e. The highest BCUT2D eigenvalue weighted by molar-refractivity contribution is 4.58. The Labute approximate surface area is 69.2 Å². The van der Waals surface area contributed by atoms with Crippen molar-refractivity contribution in [3.8, 4) is 0 Å². The zero-order chi connectivity index (χ0) is 10.8. The van der Waals surface area contributed by atoms with E-state index < -0.39 is 26.8 Å². The topological polar surface area (TPSA) is 176 Å². The molecule has 0 aliphatic heterocycles. The van der Waals surface area contributed by atoms with Crippen molar-refractivity contribution < 1.29 is 19.9 Å². The third-order valence-corrected chi connectivity index (χ3v) is 1.16. The lowest BCUT2D eigenvalue weighted by Crippen LogP contribution is -2.62. The Hall–Kier alpha value is -1.88. The van der Waals surface area contributed by atoms with E-state index in [1.165, 1.54) is 0 Å². The van der Waals surface area contributed by atoms with Gasteiger partial charge in [-0.05, 0) is 0 Å². The van der Waals surface area contributed by atoms with E-state index in [-0.39, 0.29) is 0 Å². The van der Waals surface area contributed by atoms with E-state index in [1.807, 2.05) is 0 Å². The molecule has 11 heteroatoms. The van der Waals surface area contributed by atoms with Gasteiger partial charge in [-0.2, -0.15) is 0 Å². The molecule has 0 rings (SSSR count). The van der Waals surface area contributed by atoms with Crippen molar-refractivity contribution in [1.82, 2.24) is 0 Å². The Kier molecular flexibility index (Phi) is 2.77. The number of nitrogens with two attached hydrogens (primary N) is 1. The fourth-order valence-electron chi connectivity index (χ4n) is 0.424. The zero-order valence-electron chi connectivity index (χ0n) is 5.89. The smallest absolute Gasteiger partial charge is 0.262 e. The summed E-state index contributed by atoms with van der Waals surface area (Å²) in [5.74, 6) is -4.00. The van der Waals surface area contributed by atoms with Gasteiger partial charge in [0.15, 0.2) is 0 Å². The highest BCUT2D eigenvalue weighted by Gasteiger charge is 2.69. The van der Waals surface area contributed by atoms with E-state index >= 15 is 0 Å². The van der Waals surface area contributed by atoms with Gasteiger partial charge in [-0.1, -0.05) is 0 Å². The van der Waals surface area contributed by atoms with Crippen LogP contribution in [0.1, 0.15) is 0 Å². The highest BCUT2D eigenvalue weighted by Crippen LogP contribution is 2.10. The van der Waals surface area contributed by atoms with E-state index in [1.54, 1.807) is 0 Å². The van der Waals surface area contributed by atoms with Crippen LogP contribution in [0, 0.1) is 30.3 Å². The van der Waals surface area contributed by atoms with Crippen LogP contribution in [0.3, 0.4) is 0 Å². The van der Waals surface area contributed by atoms with Gasteiger partial charge >= 0.3 is 12.0 Å². The molecule has 3 N–H and O–H groups in total. The summed E-state index contributed by atoms with van der Waals surface area (Å²) in [5.41, 5.74) is 4.46. The van der Waals surface area contributed by atoms with Crippen LogP contribution in [0.25, 0.3) is 0 Å². The molecule has 0 heterocycles. The third kappa shape index (κ3) is 1.65. The standard InChI is InChI=1S/C2H4N4O7/c3-1(4(8)9)2(7,5(10)11)6(12)13/h1,7H,3H2. The summed E-state index contributed by atoms with van der Waals surface area (Å²) in [6, 6.07) is 0. The highest BCUT2D eigenvalue weighted by atomic mass is 16.7. The molecular formula is C2H4N4O7. The van der Waals surface area contributed by atoms with Gasteiger partial charge in [0, 0.05) is 0 Å². The van der Waals surface area contributed by atoms with Crippen molar-refractivity contribution in [2.45, 2.75) is 12.0 Å². The molecule has 0 bridgehead atoms. The second-order valence-corrected chi connectivity index (χ2v) is 1.93. The average Bonchev–Trinajstić information content (AvgIpc) is 2.00. The van der Waals surface area contributed by atoms with Crippen molar-refractivity contribution in [1.29, 1.82) is 0 Å². The molecule has 1 unspecified atom stereocenters. The fraction of sp³-hybridized carbons (Fsp3) is 1.00. The second-order valence-electron chi connectivity index (χ2n) is 1.93. The molecule has 74 valence electrons. The molecule has 0 aromatic heterocycles. The SMILES string of the molecule is NC([N+](=O)[O-])C(O)([N+](=O)[O-])[N+](=O)[O-]. The van der Waals surface area contributed by atoms with E-state index in [0.717, 1.165) is 0 Å². The van der Waals surface area contributed by atoms with Crippen LogP contribution in [-0.4, -0.2) is 31.9 Å². The Morgan fingerprint density at radius 1 is 1.15 bits per heavy atom. The van der Waals surface area contributed by atoms with Gasteiger partial charge in [0.1, 0.15) is 9.85 Å². The Morgan fingerprint density at radius 3 is 1.54 bits per heavy atom. The van der Waals surface area contributed by atoms with E-state index in [9.17, 15) is 30.3 Å². The maximum Gasteiger partial charge on any atom is 0.659 e. The summed E-state index contributed by atoms with van der Waals surface area (Å²) in [6.45, 7) is 0. The molecule has 0 aliphatic carbocycles. The molecule has 0 aliphatic rings. The van der Waals surface area contributed by atoms with Gasteiger partial charge in [0.25, 0.3) is 0 Å². The van der Waals surface area contributed by atoms with Gasteiger partial charge < -0.3 is 0 Å². The molecule has 0 saturated carbocycles. The van der Waals surface area contributed by atoms with E-state index in [0.29, 0.717) is 0 Å². The summed E-state index contributed by atoms with van der Waals surface area (Å²) in [6.07, 6.45) is -2.82. The Bertz CT molecular complexity index is 247. The van der Waals surface area contributed by atoms with Gasteiger partial charge in [-0.3, -0.25) is 41.2 Å². The number of hydrogen-bond acceptors (Lipinski definition) is 8. The van der Waals surface area contributed by atoms with Crippen LogP contribution in [0.4, 0.5) is 0 Å². The van der Waals surface area contributed by atoms with Crippen LogP contribution in [0.2, 0.25) is 0 Å². The molecule has 0 saturated heterocycles. The van der Waals surface area contributed by atoms with Crippen molar-refractivity contribution in [2.24, 2.45) is 5.73 Å². The average molecular weight is 196 g/mol. The minimum absolute atomic E-state index is 1.52. The van der Waals surface area contributed by atoms with Crippen LogP contribution in [0.15, 0.2) is 0 Å². The number of aliphatic hydroxyl groups is 1. The molecule has 0 fully saturated rings. The Morgan fingerprint density at radius 2 is 1.46 bits per heavy atom. The monoisotopic (exact) mass is 196 g/mol. The molecule has 0 aromatic carbocycles. The summed E-state index contributed by atoms with van der Waals surface area (Å²) >= 11 is 0. The summed E-state index contributed by atoms with van der Waals surface area (Å²) < 4.78 is 0. The first kappa shape index (κ1) is 11.1. The van der Waals surface area contributed by atoms with Crippen LogP contribution < -0.4 is 5.73 Å². The van der Waals surface area contributed by atoms with Crippen LogP contribution >= 0.6 is 0 Å². The number of nitro groups is 3. The van der Waals surface area contributed by atoms with Crippen molar-refractivity contribution in [3.05, 3.63) is 30.3 Å². The summed E-state index contributed by atoms with van der Waals surface area (Å²) in [4.78, 5) is 24.6. The lowest BCUT2D eigenvalue weighted by Gasteiger charge is -2.10. The van der Waals surface area contributed by atoms with Crippen molar-refractivity contribution in [2.75, 3.05) is 0 Å². The Balaban J connectivity index is 5.13. The summed E-state index contributed by atoms with van der Waals surface area (Å²) in [5, 5.41) is 38.4. The lowest BCUT2D eigenvalue weighted by atomic mass is 10.3. The third-order valence-electron chi connectivity index (χ3n) is 1.16. The molecule has 1 atom stereocenters. The van der Waals surface area contributed by atoms with Crippen LogP contribution in [0.5, 0.6) is 0 Å². The molecule has 0 spiro atoms. The zero-order valence-corrected chi connectivity index (χ0v) is 5.89. The minimum Gasteiger partial charge on any atom is -0.262 e. The molecule has 13 heavy (non-hydrogen) atoms. The second kappa shape index (κ2) is 3.24. The van der Waals surface area contributed by atoms with Gasteiger partial charge in [-0.15, -0.1) is 0 Å². The predicted octanol–water partition coefficient (Wildman–Crippen LogP) is -2.25. The van der Waals surface area contributed by atoms with Gasteiger partial charge in [0.2, 0.25) is 0 Å². The maximum absolute atomic E-state index is 9.94. The number of rotatable bonds is 4. The number of hydrogen-bond donors (Lipinski definition) is 2. The maximum atomic E-state index is 9.94. The normalized spacial score (nSPS) is 13.4. The van der Waals surface area contributed by atoms with Crippen LogP contribution in [-0.2, 0) is 0 Å². The van der Waals surface area contributed by atoms with Gasteiger partial charge in [-0.25, -0.2) is 0 Å². The molecule has 0 radical (unpaired) electrons. The molecule has 11 nitrogen and oxygen atoms in total. The van der Waals surface area contributed by atoms with Crippen molar-refractivity contribution in [3.63, 3.8) is 0 Å². The van der Waals surface area contributed by atoms with Crippen molar-refractivity contribution >= 4 is 0 Å². The first-order valence-electron chi connectivity index (χ1n) is 2.65. The molecule has 0 aromatic rings. The first-order valence-corrected chi connectivity index (χ1v) is 2.65. The van der Waals surface area contributed by atoms with Gasteiger partial charge in [0.05, 0.1) is 4.92 Å². The predicted molar refractivity (Wildman–Crippen MR) is 33.9 cm³/mol. The first-order chi connectivity index (χ1) is 5.74. The number of nitrogens with zero attached hydrogens (tertiary/aromatic N) is 3. The molecule has 0 amide bonds. The quantitative estimate of drug-likeness (QED) is 0.287. The minimum atomic E-state index is -4.00. The molecular weight excluding hydrogens is 192 g/mol. The summed E-state index contributed by atoms with van der Waals surface area (Å²) in [7, 11) is 0.